The average Bonchev–Trinajstić information content (AvgIpc) is 2.33. The van der Waals surface area contributed by atoms with E-state index in [1.54, 1.807) is 11.8 Å². The van der Waals surface area contributed by atoms with Gasteiger partial charge in [-0.1, -0.05) is 0 Å². The Labute approximate surface area is 81.4 Å². The second kappa shape index (κ2) is 4.33. The van der Waals surface area contributed by atoms with Crippen molar-refractivity contribution in [3.63, 3.8) is 0 Å². The van der Waals surface area contributed by atoms with Gasteiger partial charge in [-0.2, -0.15) is 0 Å². The fraction of sp³-hybridized carbons (Fsp3) is 0.833. The second-order valence-electron chi connectivity index (χ2n) is 2.71. The summed E-state index contributed by atoms with van der Waals surface area (Å²) < 4.78 is 0. The van der Waals surface area contributed by atoms with Crippen LogP contribution in [0, 0.1) is 0 Å². The molecular formula is C6H13BrN2OS. The average molecular weight is 241 g/mol. The number of thioether (sulfide) groups is 1. The van der Waals surface area contributed by atoms with Crippen molar-refractivity contribution in [3.05, 3.63) is 0 Å². The predicted octanol–water partition coefficient (Wildman–Crippen LogP) is -4.86. The molecule has 1 heterocycles. The molecule has 66 valence electrons. The lowest BCUT2D eigenvalue weighted by atomic mass is 10.1. The fourth-order valence-electron chi connectivity index (χ4n) is 0.798. The summed E-state index contributed by atoms with van der Waals surface area (Å²) in [6.45, 7) is 2.19. The summed E-state index contributed by atoms with van der Waals surface area (Å²) in [6, 6.07) is 0. The molecule has 0 aromatic carbocycles. The Bertz CT molecular complexity index is 165. The van der Waals surface area contributed by atoms with Crippen LogP contribution in [0.5, 0.6) is 0 Å². The molecule has 0 saturated carbocycles. The molecule has 1 rings (SSSR count). The minimum Gasteiger partial charge on any atom is -1.00 e. The van der Waals surface area contributed by atoms with E-state index in [0.29, 0.717) is 0 Å². The SMILES string of the molecule is C[NH+]=C1NC(C)(CO)CS1.[Br-]. The second-order valence-corrected chi connectivity index (χ2v) is 3.70. The Balaban J connectivity index is 0.000001000. The zero-order valence-corrected chi connectivity index (χ0v) is 9.05. The van der Waals surface area contributed by atoms with Crippen molar-refractivity contribution >= 4 is 16.9 Å². The molecule has 5 heteroatoms. The largest absolute Gasteiger partial charge is 1.00 e. The molecule has 3 nitrogen and oxygen atoms in total. The zero-order valence-electron chi connectivity index (χ0n) is 6.65. The molecule has 0 spiro atoms. The maximum Gasteiger partial charge on any atom is 0.304 e. The molecule has 0 aliphatic carbocycles. The van der Waals surface area contributed by atoms with Crippen LogP contribution >= 0.6 is 11.8 Å². The Morgan fingerprint density at radius 3 is 2.73 bits per heavy atom. The van der Waals surface area contributed by atoms with Gasteiger partial charge < -0.3 is 22.1 Å². The molecule has 0 amide bonds. The van der Waals surface area contributed by atoms with Crippen molar-refractivity contribution in [1.82, 2.24) is 5.32 Å². The van der Waals surface area contributed by atoms with Crippen LogP contribution in [0.15, 0.2) is 0 Å². The number of nitrogens with one attached hydrogen (secondary N) is 2. The summed E-state index contributed by atoms with van der Waals surface area (Å²) in [6.07, 6.45) is 0. The number of rotatable bonds is 1. The lowest BCUT2D eigenvalue weighted by Crippen LogP contribution is -3.00. The van der Waals surface area contributed by atoms with Crippen molar-refractivity contribution in [2.45, 2.75) is 12.5 Å². The third-order valence-electron chi connectivity index (χ3n) is 1.53. The number of amidine groups is 1. The number of hydrogen-bond acceptors (Lipinski definition) is 2. The molecule has 0 bridgehead atoms. The highest BCUT2D eigenvalue weighted by Gasteiger charge is 2.37. The number of aliphatic hydroxyl groups is 1. The highest BCUT2D eigenvalue weighted by molar-refractivity contribution is 8.14. The Hall–Kier alpha value is 0.260. The monoisotopic (exact) mass is 240 g/mol. The molecule has 0 radical (unpaired) electrons. The smallest absolute Gasteiger partial charge is 0.304 e. The Kier molecular flexibility index (Phi) is 4.43. The standard InChI is InChI=1S/C6H12N2OS.BrH/c1-6(3-9)4-10-5(7-2)8-6;/h9H,3-4H2,1-2H3,(H,7,8);1H. The minimum absolute atomic E-state index is 0. The third-order valence-corrected chi connectivity index (χ3v) is 2.90. The van der Waals surface area contributed by atoms with E-state index in [9.17, 15) is 0 Å². The first-order valence-corrected chi connectivity index (χ1v) is 4.25. The molecule has 11 heavy (non-hydrogen) atoms. The first-order chi connectivity index (χ1) is 4.70. The summed E-state index contributed by atoms with van der Waals surface area (Å²) in [4.78, 5) is 3.01. The zero-order chi connectivity index (χ0) is 7.61. The summed E-state index contributed by atoms with van der Waals surface area (Å²) in [5.41, 5.74) is -0.122. The molecule has 1 atom stereocenters. The molecule has 0 aromatic heterocycles. The lowest BCUT2D eigenvalue weighted by molar-refractivity contribution is -0.418. The number of halogens is 1. The topological polar surface area (TPSA) is 46.2 Å². The molecule has 1 saturated heterocycles. The van der Waals surface area contributed by atoms with Gasteiger partial charge in [-0.05, 0) is 18.7 Å². The maximum absolute atomic E-state index is 8.92. The summed E-state index contributed by atoms with van der Waals surface area (Å²) in [5, 5.41) is 13.2. The lowest BCUT2D eigenvalue weighted by Gasteiger charge is -2.13. The van der Waals surface area contributed by atoms with Gasteiger partial charge in [0.15, 0.2) is 0 Å². The van der Waals surface area contributed by atoms with Crippen LogP contribution in [0.25, 0.3) is 0 Å². The van der Waals surface area contributed by atoms with Crippen LogP contribution in [-0.4, -0.2) is 35.2 Å². The van der Waals surface area contributed by atoms with Crippen molar-refractivity contribution in [2.75, 3.05) is 19.4 Å². The predicted molar refractivity (Wildman–Crippen MR) is 43.0 cm³/mol. The molecule has 0 aromatic rings. The molecule has 1 aliphatic rings. The van der Waals surface area contributed by atoms with Gasteiger partial charge in [-0.3, -0.25) is 10.3 Å². The van der Waals surface area contributed by atoms with Gasteiger partial charge in [0.1, 0.15) is 5.54 Å². The van der Waals surface area contributed by atoms with E-state index in [1.807, 2.05) is 14.0 Å². The van der Waals surface area contributed by atoms with Crippen LogP contribution in [0.2, 0.25) is 0 Å². The number of hydrogen-bond donors (Lipinski definition) is 3. The van der Waals surface area contributed by atoms with E-state index < -0.39 is 0 Å². The quantitative estimate of drug-likeness (QED) is 0.431. The third kappa shape index (κ3) is 2.65. The molecule has 1 unspecified atom stereocenters. The molecule has 3 N–H and O–H groups in total. The minimum atomic E-state index is -0.122. The van der Waals surface area contributed by atoms with Gasteiger partial charge in [0, 0.05) is 0 Å². The van der Waals surface area contributed by atoms with Crippen molar-refractivity contribution < 1.29 is 27.1 Å². The summed E-state index contributed by atoms with van der Waals surface area (Å²) >= 11 is 1.71. The van der Waals surface area contributed by atoms with E-state index in [1.165, 1.54) is 0 Å². The highest BCUT2D eigenvalue weighted by Crippen LogP contribution is 2.19. The highest BCUT2D eigenvalue weighted by atomic mass is 79.9. The van der Waals surface area contributed by atoms with Crippen LogP contribution in [0.4, 0.5) is 0 Å². The van der Waals surface area contributed by atoms with Crippen LogP contribution in [0.3, 0.4) is 0 Å². The van der Waals surface area contributed by atoms with E-state index in [2.05, 4.69) is 10.3 Å². The van der Waals surface area contributed by atoms with E-state index in [-0.39, 0.29) is 29.1 Å². The first kappa shape index (κ1) is 11.3. The van der Waals surface area contributed by atoms with Gasteiger partial charge in [-0.15, -0.1) is 0 Å². The molecule has 1 aliphatic heterocycles. The van der Waals surface area contributed by atoms with E-state index in [0.717, 1.165) is 10.9 Å². The molecule has 1 fully saturated rings. The summed E-state index contributed by atoms with van der Waals surface area (Å²) in [5.74, 6) is 0.930. The van der Waals surface area contributed by atoms with Crippen LogP contribution in [0.1, 0.15) is 6.92 Å². The van der Waals surface area contributed by atoms with Gasteiger partial charge in [0.2, 0.25) is 0 Å². The summed E-state index contributed by atoms with van der Waals surface area (Å²) in [7, 11) is 1.87. The van der Waals surface area contributed by atoms with Crippen LogP contribution < -0.4 is 27.3 Å². The maximum atomic E-state index is 8.92. The fourth-order valence-corrected chi connectivity index (χ4v) is 1.89. The van der Waals surface area contributed by atoms with Gasteiger partial charge in [0.05, 0.1) is 19.4 Å². The molecular weight excluding hydrogens is 228 g/mol. The van der Waals surface area contributed by atoms with Gasteiger partial charge in [-0.25, -0.2) is 0 Å². The number of aliphatic hydroxyl groups excluding tert-OH is 1. The van der Waals surface area contributed by atoms with Gasteiger partial charge in [0.25, 0.3) is 0 Å². The van der Waals surface area contributed by atoms with Crippen molar-refractivity contribution in [1.29, 1.82) is 0 Å². The Morgan fingerprint density at radius 2 is 2.45 bits per heavy atom. The van der Waals surface area contributed by atoms with E-state index >= 15 is 0 Å². The van der Waals surface area contributed by atoms with Crippen molar-refractivity contribution in [2.24, 2.45) is 0 Å². The normalized spacial score (nSPS) is 33.2. The van der Waals surface area contributed by atoms with Crippen molar-refractivity contribution in [3.8, 4) is 0 Å². The van der Waals surface area contributed by atoms with Crippen LogP contribution in [-0.2, 0) is 0 Å². The first-order valence-electron chi connectivity index (χ1n) is 3.27. The Morgan fingerprint density at radius 1 is 1.82 bits per heavy atom. The van der Waals surface area contributed by atoms with Gasteiger partial charge >= 0.3 is 5.17 Å². The van der Waals surface area contributed by atoms with E-state index in [4.69, 9.17) is 5.11 Å².